The third-order valence-electron chi connectivity index (χ3n) is 0.859. The number of hydrogen-bond acceptors (Lipinski definition) is 5. The van der Waals surface area contributed by atoms with Gasteiger partial charge < -0.3 is 9.68 Å². The van der Waals surface area contributed by atoms with Crippen molar-refractivity contribution in [2.24, 2.45) is 0 Å². The molecule has 0 aromatic rings. The van der Waals surface area contributed by atoms with Gasteiger partial charge in [0, 0.05) is 19.1 Å². The first-order chi connectivity index (χ1) is 5.43. The van der Waals surface area contributed by atoms with Crippen LogP contribution < -0.4 is 0 Å². The van der Waals surface area contributed by atoms with E-state index in [0.29, 0.717) is 0 Å². The molecular weight excluding hydrogens is 162 g/mol. The van der Waals surface area contributed by atoms with E-state index in [1.165, 1.54) is 13.8 Å². The molecule has 0 heterocycles. The lowest BCUT2D eigenvalue weighted by Gasteiger charge is -2.20. The van der Waals surface area contributed by atoms with Gasteiger partial charge in [0.25, 0.3) is 0 Å². The second-order valence-corrected chi connectivity index (χ2v) is 2.54. The number of rotatable bonds is 3. The topological polar surface area (TPSA) is 55.8 Å². The maximum absolute atomic E-state index is 10.5. The fourth-order valence-corrected chi connectivity index (χ4v) is 0.483. The maximum atomic E-state index is 10.5. The Morgan fingerprint density at radius 1 is 1.08 bits per heavy atom. The van der Waals surface area contributed by atoms with E-state index >= 15 is 0 Å². The van der Waals surface area contributed by atoms with Gasteiger partial charge in [-0.25, -0.2) is 0 Å². The molecule has 0 fully saturated rings. The van der Waals surface area contributed by atoms with Crippen LogP contribution in [0.4, 0.5) is 0 Å². The highest BCUT2D eigenvalue weighted by Crippen LogP contribution is 2.00. The van der Waals surface area contributed by atoms with E-state index in [-0.39, 0.29) is 6.04 Å². The van der Waals surface area contributed by atoms with Crippen LogP contribution in [0, 0.1) is 0 Å². The number of carbonyl (C=O) groups is 2. The van der Waals surface area contributed by atoms with E-state index < -0.39 is 11.9 Å². The Labute approximate surface area is 71.1 Å². The van der Waals surface area contributed by atoms with Crippen LogP contribution in [0.5, 0.6) is 0 Å². The third-order valence-corrected chi connectivity index (χ3v) is 0.859. The zero-order valence-corrected chi connectivity index (χ0v) is 7.66. The summed E-state index contributed by atoms with van der Waals surface area (Å²) in [6.07, 6.45) is 0. The van der Waals surface area contributed by atoms with Crippen LogP contribution in [-0.4, -0.2) is 23.2 Å². The Balaban J connectivity index is 4.04. The van der Waals surface area contributed by atoms with Crippen LogP contribution in [0.2, 0.25) is 0 Å². The maximum Gasteiger partial charge on any atom is 0.326 e. The van der Waals surface area contributed by atoms with Gasteiger partial charge in [0.05, 0.1) is 6.04 Å². The number of hydroxylamine groups is 2. The van der Waals surface area contributed by atoms with Crippen LogP contribution in [0.25, 0.3) is 0 Å². The first-order valence-corrected chi connectivity index (χ1v) is 3.59. The predicted molar refractivity (Wildman–Crippen MR) is 40.5 cm³/mol. The molecule has 12 heavy (non-hydrogen) atoms. The summed E-state index contributed by atoms with van der Waals surface area (Å²) in [4.78, 5) is 30.1. The van der Waals surface area contributed by atoms with Crippen molar-refractivity contribution in [3.63, 3.8) is 0 Å². The highest BCUT2D eigenvalue weighted by atomic mass is 17.0. The Hall–Kier alpha value is -1.10. The van der Waals surface area contributed by atoms with Gasteiger partial charge in [-0.3, -0.25) is 9.59 Å². The van der Waals surface area contributed by atoms with E-state index in [1.54, 1.807) is 13.8 Å². The summed E-state index contributed by atoms with van der Waals surface area (Å²) in [6.45, 7) is 5.93. The molecule has 0 saturated carbocycles. The molecule has 5 nitrogen and oxygen atoms in total. The Kier molecular flexibility index (Phi) is 4.28. The summed E-state index contributed by atoms with van der Waals surface area (Å²) in [5, 5.41) is 0.866. The molecule has 0 aromatic carbocycles. The Bertz CT molecular complexity index is 162. The van der Waals surface area contributed by atoms with Crippen molar-refractivity contribution in [1.82, 2.24) is 5.23 Å². The van der Waals surface area contributed by atoms with Crippen molar-refractivity contribution in [2.45, 2.75) is 33.7 Å². The molecule has 0 aliphatic rings. The van der Waals surface area contributed by atoms with E-state index in [4.69, 9.17) is 0 Å². The minimum Gasteiger partial charge on any atom is -0.333 e. The molecule has 0 aliphatic heterocycles. The summed E-state index contributed by atoms with van der Waals surface area (Å²) in [6, 6.07) is -0.196. The lowest BCUT2D eigenvalue weighted by molar-refractivity contribution is -0.337. The summed E-state index contributed by atoms with van der Waals surface area (Å²) < 4.78 is 0. The molecule has 0 bridgehead atoms. The van der Waals surface area contributed by atoms with E-state index in [9.17, 15) is 9.59 Å². The fraction of sp³-hybridized carbons (Fsp3) is 0.714. The van der Waals surface area contributed by atoms with Gasteiger partial charge in [0.2, 0.25) is 0 Å². The summed E-state index contributed by atoms with van der Waals surface area (Å²) in [7, 11) is 0. The molecule has 5 heteroatoms. The Morgan fingerprint density at radius 2 is 1.42 bits per heavy atom. The largest absolute Gasteiger partial charge is 0.333 e. The van der Waals surface area contributed by atoms with E-state index in [0.717, 1.165) is 5.23 Å². The quantitative estimate of drug-likeness (QED) is 0.589. The highest BCUT2D eigenvalue weighted by molar-refractivity contribution is 5.67. The lowest BCUT2D eigenvalue weighted by Crippen LogP contribution is -2.34. The summed E-state index contributed by atoms with van der Waals surface area (Å²) in [5.74, 6) is -1.05. The number of hydrogen-bond donors (Lipinski definition) is 0. The van der Waals surface area contributed by atoms with Crippen molar-refractivity contribution in [1.29, 1.82) is 0 Å². The van der Waals surface area contributed by atoms with Gasteiger partial charge in [-0.05, 0) is 13.8 Å². The second kappa shape index (κ2) is 4.71. The third kappa shape index (κ3) is 4.68. The van der Waals surface area contributed by atoms with Gasteiger partial charge in [-0.15, -0.1) is 0 Å². The minimum absolute atomic E-state index is 0.196. The standard InChI is InChI=1S/C7H13NO4/c1-5(2)8(11-6(3)9)12-7(4)10/h5H,1-4H3. The van der Waals surface area contributed by atoms with Crippen molar-refractivity contribution in [2.75, 3.05) is 0 Å². The van der Waals surface area contributed by atoms with Crippen molar-refractivity contribution >= 4 is 11.9 Å². The SMILES string of the molecule is CC(=O)ON(OC(C)=O)C(C)C. The zero-order valence-electron chi connectivity index (χ0n) is 7.66. The van der Waals surface area contributed by atoms with E-state index in [2.05, 4.69) is 9.68 Å². The monoisotopic (exact) mass is 175 g/mol. The highest BCUT2D eigenvalue weighted by Gasteiger charge is 2.15. The molecule has 0 rings (SSSR count). The average Bonchev–Trinajstić information content (AvgIpc) is 1.83. The second-order valence-electron chi connectivity index (χ2n) is 2.54. The van der Waals surface area contributed by atoms with E-state index in [1.807, 2.05) is 0 Å². The summed E-state index contributed by atoms with van der Waals surface area (Å²) in [5.41, 5.74) is 0. The van der Waals surface area contributed by atoms with Crippen molar-refractivity contribution < 1.29 is 19.3 Å². The molecule has 0 amide bonds. The van der Waals surface area contributed by atoms with Gasteiger partial charge in [-0.1, -0.05) is 0 Å². The van der Waals surface area contributed by atoms with Crippen LogP contribution in [0.3, 0.4) is 0 Å². The number of carbonyl (C=O) groups excluding carboxylic acids is 2. The molecular formula is C7H13NO4. The van der Waals surface area contributed by atoms with Gasteiger partial charge in [0.1, 0.15) is 0 Å². The first kappa shape index (κ1) is 10.9. The molecule has 70 valence electrons. The van der Waals surface area contributed by atoms with Crippen molar-refractivity contribution in [3.8, 4) is 0 Å². The van der Waals surface area contributed by atoms with Crippen LogP contribution in [0.1, 0.15) is 27.7 Å². The predicted octanol–water partition coefficient (Wildman–Crippen LogP) is 0.653. The molecule has 0 aromatic heterocycles. The summed E-state index contributed by atoms with van der Waals surface area (Å²) >= 11 is 0. The Morgan fingerprint density at radius 3 is 1.58 bits per heavy atom. The molecule has 0 aliphatic carbocycles. The molecule has 0 radical (unpaired) electrons. The smallest absolute Gasteiger partial charge is 0.326 e. The molecule has 0 N–H and O–H groups in total. The first-order valence-electron chi connectivity index (χ1n) is 3.59. The number of nitrogens with zero attached hydrogens (tertiary/aromatic N) is 1. The van der Waals surface area contributed by atoms with Crippen LogP contribution >= 0.6 is 0 Å². The molecule has 0 saturated heterocycles. The van der Waals surface area contributed by atoms with Crippen LogP contribution in [0.15, 0.2) is 0 Å². The van der Waals surface area contributed by atoms with Gasteiger partial charge in [0.15, 0.2) is 0 Å². The van der Waals surface area contributed by atoms with Crippen LogP contribution in [-0.2, 0) is 19.3 Å². The molecule has 0 unspecified atom stereocenters. The van der Waals surface area contributed by atoms with Gasteiger partial charge >= 0.3 is 11.9 Å². The zero-order chi connectivity index (χ0) is 9.72. The minimum atomic E-state index is -0.523. The molecule has 0 atom stereocenters. The lowest BCUT2D eigenvalue weighted by atomic mass is 10.4. The normalized spacial score (nSPS) is 10.2. The van der Waals surface area contributed by atoms with Gasteiger partial charge in [-0.2, -0.15) is 0 Å². The average molecular weight is 175 g/mol. The molecule has 0 spiro atoms. The van der Waals surface area contributed by atoms with Crippen molar-refractivity contribution in [3.05, 3.63) is 0 Å². The fourth-order valence-electron chi connectivity index (χ4n) is 0.483.